The summed E-state index contributed by atoms with van der Waals surface area (Å²) in [6.07, 6.45) is 0. The van der Waals surface area contributed by atoms with Crippen molar-refractivity contribution in [1.29, 1.82) is 0 Å². The molecule has 0 N–H and O–H groups in total. The summed E-state index contributed by atoms with van der Waals surface area (Å²) < 4.78 is 0.345. The van der Waals surface area contributed by atoms with Crippen molar-refractivity contribution in [2.45, 2.75) is 6.92 Å². The zero-order valence-corrected chi connectivity index (χ0v) is 18.7. The van der Waals surface area contributed by atoms with Crippen LogP contribution in [0.1, 0.15) is 5.56 Å². The molecule has 1 aromatic heterocycles. The number of anilines is 2. The number of fused-ring (bicyclic) bond motifs is 1. The Morgan fingerprint density at radius 1 is 1.19 bits per heavy atom. The normalized spacial score (nSPS) is 14.5. The molecule has 1 amide bonds. The molecule has 9 nitrogen and oxygen atoms in total. The fraction of sp³-hybridized carbons (Fsp3) is 0.318. The number of carbonyl (C=O) groups is 1. The Balaban J connectivity index is 1.47. The molecule has 3 aromatic rings. The van der Waals surface area contributed by atoms with Crippen molar-refractivity contribution in [2.24, 2.45) is 0 Å². The van der Waals surface area contributed by atoms with E-state index in [0.29, 0.717) is 48.1 Å². The lowest BCUT2D eigenvalue weighted by Gasteiger charge is -2.35. The molecule has 166 valence electrons. The molecular formula is C22H23N5O4S. The molecule has 0 bridgehead atoms. The minimum atomic E-state index is -0.457. The largest absolute Gasteiger partial charge is 0.345 e. The zero-order valence-electron chi connectivity index (χ0n) is 17.9. The standard InChI is InChI=1S/C22H23N5O4S/c1-15-12-17-20(18(13-15)27(30)31)32-22(23-21(17)29)26-10-8-25(9-11-26)14-19(28)24(2)16-6-4-3-5-7-16/h3-7,12-13H,8-11,14H2,1-2H3. The highest BCUT2D eigenvalue weighted by Crippen LogP contribution is 2.33. The number of amides is 1. The van der Waals surface area contributed by atoms with Crippen LogP contribution >= 0.6 is 11.3 Å². The molecule has 0 atom stereocenters. The summed E-state index contributed by atoms with van der Waals surface area (Å²) in [6, 6.07) is 12.6. The van der Waals surface area contributed by atoms with Crippen molar-refractivity contribution >= 4 is 43.8 Å². The highest BCUT2D eigenvalue weighted by atomic mass is 32.1. The van der Waals surface area contributed by atoms with E-state index >= 15 is 0 Å². The van der Waals surface area contributed by atoms with Crippen LogP contribution in [0.2, 0.25) is 0 Å². The van der Waals surface area contributed by atoms with Gasteiger partial charge in [-0.3, -0.25) is 24.6 Å². The molecule has 0 unspecified atom stereocenters. The molecule has 32 heavy (non-hydrogen) atoms. The van der Waals surface area contributed by atoms with Gasteiger partial charge in [-0.2, -0.15) is 4.98 Å². The number of nitro benzene ring substituents is 1. The Bertz CT molecular complexity index is 1220. The molecule has 1 saturated heterocycles. The van der Waals surface area contributed by atoms with Crippen LogP contribution in [0.15, 0.2) is 47.3 Å². The molecule has 0 radical (unpaired) electrons. The van der Waals surface area contributed by atoms with Gasteiger partial charge >= 0.3 is 0 Å². The van der Waals surface area contributed by atoms with Gasteiger partial charge in [-0.15, -0.1) is 0 Å². The molecule has 1 aliphatic heterocycles. The lowest BCUT2D eigenvalue weighted by Crippen LogP contribution is -2.50. The summed E-state index contributed by atoms with van der Waals surface area (Å²) in [5, 5.41) is 12.3. The van der Waals surface area contributed by atoms with Crippen molar-refractivity contribution in [2.75, 3.05) is 49.6 Å². The van der Waals surface area contributed by atoms with Gasteiger partial charge in [0.1, 0.15) is 4.70 Å². The van der Waals surface area contributed by atoms with Gasteiger partial charge in [0.05, 0.1) is 16.9 Å². The molecule has 0 spiro atoms. The van der Waals surface area contributed by atoms with E-state index in [1.54, 1.807) is 24.9 Å². The highest BCUT2D eigenvalue weighted by molar-refractivity contribution is 7.22. The van der Waals surface area contributed by atoms with Gasteiger partial charge in [0.25, 0.3) is 11.2 Å². The molecule has 0 aliphatic carbocycles. The lowest BCUT2D eigenvalue weighted by atomic mass is 10.1. The number of non-ortho nitro benzene ring substituents is 1. The number of aromatic nitrogens is 1. The van der Waals surface area contributed by atoms with Crippen LogP contribution in [0.5, 0.6) is 0 Å². The first-order valence-corrected chi connectivity index (χ1v) is 11.0. The van der Waals surface area contributed by atoms with E-state index < -0.39 is 10.5 Å². The number of carbonyl (C=O) groups excluding carboxylic acids is 1. The highest BCUT2D eigenvalue weighted by Gasteiger charge is 2.24. The fourth-order valence-electron chi connectivity index (χ4n) is 3.74. The summed E-state index contributed by atoms with van der Waals surface area (Å²) in [6.45, 7) is 4.44. The second-order valence-electron chi connectivity index (χ2n) is 7.77. The summed E-state index contributed by atoms with van der Waals surface area (Å²) in [7, 11) is 1.76. The van der Waals surface area contributed by atoms with E-state index in [0.717, 1.165) is 5.69 Å². The molecule has 1 fully saturated rings. The molecule has 10 heteroatoms. The number of piperazine rings is 1. The van der Waals surface area contributed by atoms with Crippen molar-refractivity contribution in [3.05, 3.63) is 68.5 Å². The summed E-state index contributed by atoms with van der Waals surface area (Å²) in [5.74, 6) is 0.00383. The van der Waals surface area contributed by atoms with E-state index in [1.165, 1.54) is 17.4 Å². The number of benzene rings is 2. The number of hydrogen-bond acceptors (Lipinski definition) is 8. The maximum Gasteiger partial charge on any atom is 0.287 e. The van der Waals surface area contributed by atoms with E-state index in [2.05, 4.69) is 9.88 Å². The van der Waals surface area contributed by atoms with Crippen LogP contribution in [0.25, 0.3) is 10.1 Å². The number of hydrogen-bond donors (Lipinski definition) is 0. The number of aryl methyl sites for hydroxylation is 1. The van der Waals surface area contributed by atoms with Gasteiger partial charge in [0.15, 0.2) is 5.13 Å². The van der Waals surface area contributed by atoms with Crippen LogP contribution in [-0.4, -0.2) is 60.5 Å². The average molecular weight is 454 g/mol. The third-order valence-electron chi connectivity index (χ3n) is 5.55. The molecule has 1 aliphatic rings. The first kappa shape index (κ1) is 21.8. The molecule has 0 saturated carbocycles. The smallest absolute Gasteiger partial charge is 0.287 e. The maximum atomic E-state index is 12.6. The predicted octanol–water partition coefficient (Wildman–Crippen LogP) is 2.66. The Morgan fingerprint density at radius 3 is 2.53 bits per heavy atom. The van der Waals surface area contributed by atoms with Gasteiger partial charge in [-0.05, 0) is 30.7 Å². The predicted molar refractivity (Wildman–Crippen MR) is 126 cm³/mol. The minimum absolute atomic E-state index is 0.00383. The Morgan fingerprint density at radius 2 is 1.88 bits per heavy atom. The molecule has 2 heterocycles. The zero-order chi connectivity index (χ0) is 22.8. The van der Waals surface area contributed by atoms with Gasteiger partial charge in [-0.25, -0.2) is 0 Å². The topological polar surface area (TPSA) is 99.9 Å². The van der Waals surface area contributed by atoms with Gasteiger partial charge in [0, 0.05) is 45.0 Å². The fourth-order valence-corrected chi connectivity index (χ4v) is 4.86. The van der Waals surface area contributed by atoms with Crippen LogP contribution in [0.3, 0.4) is 0 Å². The third-order valence-corrected chi connectivity index (χ3v) is 6.72. The molecular weight excluding hydrogens is 430 g/mol. The summed E-state index contributed by atoms with van der Waals surface area (Å²) >= 11 is 1.17. The molecule has 2 aromatic carbocycles. The first-order valence-electron chi connectivity index (χ1n) is 10.2. The van der Waals surface area contributed by atoms with Crippen molar-refractivity contribution in [1.82, 2.24) is 9.88 Å². The van der Waals surface area contributed by atoms with Crippen LogP contribution in [0.4, 0.5) is 16.5 Å². The number of nitro groups is 1. The van der Waals surface area contributed by atoms with Crippen LogP contribution in [0, 0.1) is 17.0 Å². The minimum Gasteiger partial charge on any atom is -0.345 e. The van der Waals surface area contributed by atoms with Crippen molar-refractivity contribution in [3.63, 3.8) is 0 Å². The number of para-hydroxylation sites is 1. The Hall–Kier alpha value is -3.37. The first-order chi connectivity index (χ1) is 15.3. The Labute approximate surface area is 188 Å². The SMILES string of the molecule is Cc1cc([N+](=O)[O-])c2sc(N3CCN(CC(=O)N(C)c4ccccc4)CC3)nc(=O)c2c1. The van der Waals surface area contributed by atoms with Crippen LogP contribution < -0.4 is 15.4 Å². The quantitative estimate of drug-likeness (QED) is 0.432. The number of nitrogens with zero attached hydrogens (tertiary/aromatic N) is 5. The maximum absolute atomic E-state index is 12.6. The monoisotopic (exact) mass is 453 g/mol. The van der Waals surface area contributed by atoms with Crippen LogP contribution in [-0.2, 0) is 4.79 Å². The summed E-state index contributed by atoms with van der Waals surface area (Å²) in [5.41, 5.74) is 0.974. The number of likely N-dealkylation sites (N-methyl/N-ethyl adjacent to an activating group) is 1. The Kier molecular flexibility index (Phi) is 6.15. The van der Waals surface area contributed by atoms with Gasteiger partial charge in [0.2, 0.25) is 5.91 Å². The van der Waals surface area contributed by atoms with Crippen molar-refractivity contribution in [3.8, 4) is 0 Å². The van der Waals surface area contributed by atoms with E-state index in [4.69, 9.17) is 0 Å². The molecule has 4 rings (SSSR count). The average Bonchev–Trinajstić information content (AvgIpc) is 2.79. The van der Waals surface area contributed by atoms with E-state index in [-0.39, 0.29) is 17.0 Å². The van der Waals surface area contributed by atoms with Gasteiger partial charge < -0.3 is 9.80 Å². The summed E-state index contributed by atoms with van der Waals surface area (Å²) in [4.78, 5) is 46.1. The van der Waals surface area contributed by atoms with E-state index in [1.807, 2.05) is 35.2 Å². The van der Waals surface area contributed by atoms with E-state index in [9.17, 15) is 19.7 Å². The second-order valence-corrected chi connectivity index (χ2v) is 8.75. The third kappa shape index (κ3) is 4.46. The lowest BCUT2D eigenvalue weighted by molar-refractivity contribution is -0.382. The number of rotatable bonds is 5. The second kappa shape index (κ2) is 9.01. The van der Waals surface area contributed by atoms with Crippen molar-refractivity contribution < 1.29 is 9.72 Å². The van der Waals surface area contributed by atoms with Gasteiger partial charge in [-0.1, -0.05) is 29.5 Å².